The lowest BCUT2D eigenvalue weighted by Crippen LogP contribution is -2.43. The van der Waals surface area contributed by atoms with Crippen molar-refractivity contribution in [2.24, 2.45) is 5.92 Å². The molecule has 0 radical (unpaired) electrons. The molecule has 2 rings (SSSR count). The largest absolute Gasteiger partial charge is 0.496 e. The lowest BCUT2D eigenvalue weighted by Gasteiger charge is -2.36. The molecule has 2 atom stereocenters. The number of aryl methyl sites for hydroxylation is 1. The van der Waals surface area contributed by atoms with Crippen LogP contribution in [0.25, 0.3) is 0 Å². The third kappa shape index (κ3) is 3.74. The fourth-order valence-corrected chi connectivity index (χ4v) is 3.15. The number of methoxy groups -OCH3 is 1. The van der Waals surface area contributed by atoms with Gasteiger partial charge in [0.1, 0.15) is 5.75 Å². The van der Waals surface area contributed by atoms with E-state index in [1.807, 2.05) is 0 Å². The Morgan fingerprint density at radius 3 is 2.95 bits per heavy atom. The summed E-state index contributed by atoms with van der Waals surface area (Å²) in [6.45, 7) is 7.81. The molecule has 3 heteroatoms. The molecule has 0 amide bonds. The van der Waals surface area contributed by atoms with Gasteiger partial charge in [0.05, 0.1) is 7.11 Å². The van der Waals surface area contributed by atoms with E-state index in [2.05, 4.69) is 49.3 Å². The Hall–Kier alpha value is -1.06. The van der Waals surface area contributed by atoms with Crippen molar-refractivity contribution in [3.8, 4) is 5.75 Å². The average Bonchev–Trinajstić information content (AvgIpc) is 2.47. The minimum atomic E-state index is 0.595. The van der Waals surface area contributed by atoms with Crippen LogP contribution in [0.15, 0.2) is 18.2 Å². The summed E-state index contributed by atoms with van der Waals surface area (Å²) < 4.78 is 5.50. The highest BCUT2D eigenvalue weighted by atomic mass is 16.5. The molecule has 0 aliphatic carbocycles. The van der Waals surface area contributed by atoms with Gasteiger partial charge < -0.3 is 10.1 Å². The zero-order chi connectivity index (χ0) is 14.5. The Kier molecular flexibility index (Phi) is 5.44. The van der Waals surface area contributed by atoms with Crippen LogP contribution in [-0.2, 0) is 6.54 Å². The van der Waals surface area contributed by atoms with Gasteiger partial charge in [-0.15, -0.1) is 0 Å². The monoisotopic (exact) mass is 276 g/mol. The second-order valence-corrected chi connectivity index (χ2v) is 6.03. The van der Waals surface area contributed by atoms with Gasteiger partial charge in [-0.2, -0.15) is 0 Å². The first-order chi connectivity index (χ1) is 9.63. The molecule has 112 valence electrons. The minimum Gasteiger partial charge on any atom is -0.496 e. The van der Waals surface area contributed by atoms with Crippen molar-refractivity contribution in [3.05, 3.63) is 29.3 Å². The van der Waals surface area contributed by atoms with E-state index in [0.717, 1.165) is 18.2 Å². The van der Waals surface area contributed by atoms with E-state index in [9.17, 15) is 0 Å². The van der Waals surface area contributed by atoms with Crippen molar-refractivity contribution < 1.29 is 4.74 Å². The summed E-state index contributed by atoms with van der Waals surface area (Å²) in [5.74, 6) is 1.77. The molecule has 0 spiro atoms. The van der Waals surface area contributed by atoms with Crippen LogP contribution in [0.3, 0.4) is 0 Å². The van der Waals surface area contributed by atoms with Crippen molar-refractivity contribution in [3.63, 3.8) is 0 Å². The summed E-state index contributed by atoms with van der Waals surface area (Å²) in [7, 11) is 3.82. The van der Waals surface area contributed by atoms with E-state index >= 15 is 0 Å². The molecule has 0 aromatic heterocycles. The highest BCUT2D eigenvalue weighted by Crippen LogP contribution is 2.25. The highest BCUT2D eigenvalue weighted by molar-refractivity contribution is 5.36. The van der Waals surface area contributed by atoms with Gasteiger partial charge in [0.2, 0.25) is 0 Å². The lowest BCUT2D eigenvalue weighted by molar-refractivity contribution is 0.146. The normalized spacial score (nSPS) is 21.7. The molecule has 1 fully saturated rings. The average molecular weight is 276 g/mol. The Morgan fingerprint density at radius 2 is 2.25 bits per heavy atom. The van der Waals surface area contributed by atoms with Crippen LogP contribution in [0.1, 0.15) is 30.9 Å². The Morgan fingerprint density at radius 1 is 1.45 bits per heavy atom. The van der Waals surface area contributed by atoms with Crippen LogP contribution < -0.4 is 10.1 Å². The third-order valence-corrected chi connectivity index (χ3v) is 4.53. The van der Waals surface area contributed by atoms with Crippen LogP contribution >= 0.6 is 0 Å². The number of nitrogens with one attached hydrogen (secondary N) is 1. The lowest BCUT2D eigenvalue weighted by atomic mass is 9.91. The van der Waals surface area contributed by atoms with Gasteiger partial charge in [-0.1, -0.05) is 17.7 Å². The molecule has 20 heavy (non-hydrogen) atoms. The predicted octanol–water partition coefficient (Wildman–Crippen LogP) is 2.82. The maximum absolute atomic E-state index is 5.50. The summed E-state index contributed by atoms with van der Waals surface area (Å²) in [5.41, 5.74) is 2.61. The van der Waals surface area contributed by atoms with Gasteiger partial charge in [0, 0.05) is 24.7 Å². The van der Waals surface area contributed by atoms with Crippen LogP contribution in [0, 0.1) is 12.8 Å². The molecule has 2 unspecified atom stereocenters. The van der Waals surface area contributed by atoms with E-state index in [1.165, 1.54) is 37.1 Å². The fraction of sp³-hybridized carbons (Fsp3) is 0.647. The third-order valence-electron chi connectivity index (χ3n) is 4.53. The smallest absolute Gasteiger partial charge is 0.123 e. The zero-order valence-corrected chi connectivity index (χ0v) is 13.3. The van der Waals surface area contributed by atoms with E-state index in [0.29, 0.717) is 6.04 Å². The van der Waals surface area contributed by atoms with Gasteiger partial charge >= 0.3 is 0 Å². The van der Waals surface area contributed by atoms with Crippen LogP contribution in [-0.4, -0.2) is 38.2 Å². The summed E-state index contributed by atoms with van der Waals surface area (Å²) in [5, 5.41) is 3.40. The Bertz CT molecular complexity index is 433. The second kappa shape index (κ2) is 7.09. The number of benzene rings is 1. The van der Waals surface area contributed by atoms with E-state index in [1.54, 1.807) is 7.11 Å². The number of likely N-dealkylation sites (tertiary alicyclic amines) is 1. The van der Waals surface area contributed by atoms with Gasteiger partial charge in [-0.05, 0) is 52.3 Å². The van der Waals surface area contributed by atoms with Crippen LogP contribution in [0.2, 0.25) is 0 Å². The standard InChI is InChI=1S/C17H28N2O/c1-13-7-8-17(20-4)16(10-13)12-19-9-5-6-15(11-19)14(2)18-3/h7-8,10,14-15,18H,5-6,9,11-12H2,1-4H3. The van der Waals surface area contributed by atoms with E-state index in [4.69, 9.17) is 4.74 Å². The quantitative estimate of drug-likeness (QED) is 0.895. The first kappa shape index (κ1) is 15.3. The van der Waals surface area contributed by atoms with Crippen LogP contribution in [0.5, 0.6) is 5.75 Å². The predicted molar refractivity (Wildman–Crippen MR) is 84.3 cm³/mol. The molecule has 1 aromatic carbocycles. The summed E-state index contributed by atoms with van der Waals surface area (Å²) in [6.07, 6.45) is 2.63. The van der Waals surface area contributed by atoms with Crippen molar-refractivity contribution >= 4 is 0 Å². The second-order valence-electron chi connectivity index (χ2n) is 6.03. The number of hydrogen-bond acceptors (Lipinski definition) is 3. The number of piperidine rings is 1. The van der Waals surface area contributed by atoms with E-state index in [-0.39, 0.29) is 0 Å². The Balaban J connectivity index is 2.04. The zero-order valence-electron chi connectivity index (χ0n) is 13.3. The molecule has 3 nitrogen and oxygen atoms in total. The number of ether oxygens (including phenoxy) is 1. The van der Waals surface area contributed by atoms with Gasteiger partial charge in [0.25, 0.3) is 0 Å². The molecule has 1 N–H and O–H groups in total. The SMILES string of the molecule is CNC(C)C1CCCN(Cc2cc(C)ccc2OC)C1. The maximum Gasteiger partial charge on any atom is 0.123 e. The number of rotatable bonds is 5. The highest BCUT2D eigenvalue weighted by Gasteiger charge is 2.24. The van der Waals surface area contributed by atoms with Crippen molar-refractivity contribution in [2.45, 2.75) is 39.3 Å². The fourth-order valence-electron chi connectivity index (χ4n) is 3.15. The maximum atomic E-state index is 5.50. The Labute approximate surface area is 123 Å². The molecule has 0 saturated carbocycles. The molecule has 1 aliphatic heterocycles. The van der Waals surface area contributed by atoms with Gasteiger partial charge in [0.15, 0.2) is 0 Å². The number of hydrogen-bond donors (Lipinski definition) is 1. The summed E-state index contributed by atoms with van der Waals surface area (Å²) in [6, 6.07) is 7.05. The summed E-state index contributed by atoms with van der Waals surface area (Å²) in [4.78, 5) is 2.57. The van der Waals surface area contributed by atoms with E-state index < -0.39 is 0 Å². The van der Waals surface area contributed by atoms with Crippen molar-refractivity contribution in [1.82, 2.24) is 10.2 Å². The first-order valence-electron chi connectivity index (χ1n) is 7.67. The molecule has 1 aliphatic rings. The van der Waals surface area contributed by atoms with Gasteiger partial charge in [-0.25, -0.2) is 0 Å². The first-order valence-corrected chi connectivity index (χ1v) is 7.67. The molecular weight excluding hydrogens is 248 g/mol. The minimum absolute atomic E-state index is 0.595. The molecular formula is C17H28N2O. The molecule has 0 bridgehead atoms. The van der Waals surface area contributed by atoms with Crippen molar-refractivity contribution in [2.75, 3.05) is 27.2 Å². The van der Waals surface area contributed by atoms with Crippen LogP contribution in [0.4, 0.5) is 0 Å². The molecule has 1 aromatic rings. The molecule has 1 saturated heterocycles. The van der Waals surface area contributed by atoms with Crippen molar-refractivity contribution in [1.29, 1.82) is 0 Å². The topological polar surface area (TPSA) is 24.5 Å². The summed E-state index contributed by atoms with van der Waals surface area (Å²) >= 11 is 0. The van der Waals surface area contributed by atoms with Gasteiger partial charge in [-0.3, -0.25) is 4.90 Å². The number of nitrogens with zero attached hydrogens (tertiary/aromatic N) is 1. The molecule has 1 heterocycles.